The van der Waals surface area contributed by atoms with Gasteiger partial charge in [-0.1, -0.05) is 0 Å². The molecule has 4 heteroatoms. The van der Waals surface area contributed by atoms with E-state index in [9.17, 15) is 4.79 Å². The molecule has 1 fully saturated rings. The number of aliphatic hydroxyl groups is 1. The molecule has 0 aromatic carbocycles. The molecule has 0 spiro atoms. The van der Waals surface area contributed by atoms with Crippen LogP contribution in [0.15, 0.2) is 0 Å². The van der Waals surface area contributed by atoms with Crippen molar-refractivity contribution in [1.29, 1.82) is 0 Å². The predicted molar refractivity (Wildman–Crippen MR) is 45.5 cm³/mol. The molecule has 1 aliphatic rings. The lowest BCUT2D eigenvalue weighted by atomic mass is 10.2. The van der Waals surface area contributed by atoms with Gasteiger partial charge in [0.1, 0.15) is 0 Å². The maximum atomic E-state index is 11.4. The van der Waals surface area contributed by atoms with Gasteiger partial charge in [-0.3, -0.25) is 10.1 Å². The van der Waals surface area contributed by atoms with Crippen molar-refractivity contribution in [3.63, 3.8) is 0 Å². The first-order chi connectivity index (χ1) is 5.75. The topological polar surface area (TPSA) is 52.6 Å². The van der Waals surface area contributed by atoms with Gasteiger partial charge >= 0.3 is 0 Å². The second kappa shape index (κ2) is 4.42. The SMILES string of the molecule is CC1CCCN1C(=O)CNCO. The molecule has 0 saturated carbocycles. The largest absolute Gasteiger partial charge is 0.381 e. The normalized spacial score (nSPS) is 23.2. The average Bonchev–Trinajstić information content (AvgIpc) is 2.47. The maximum Gasteiger partial charge on any atom is 0.236 e. The Labute approximate surface area is 72.6 Å². The van der Waals surface area contributed by atoms with Crippen molar-refractivity contribution in [1.82, 2.24) is 10.2 Å². The number of carbonyl (C=O) groups excluding carboxylic acids is 1. The van der Waals surface area contributed by atoms with Crippen LogP contribution in [0, 0.1) is 0 Å². The highest BCUT2D eigenvalue weighted by atomic mass is 16.3. The maximum absolute atomic E-state index is 11.4. The van der Waals surface area contributed by atoms with E-state index in [1.807, 2.05) is 4.90 Å². The third kappa shape index (κ3) is 2.19. The highest BCUT2D eigenvalue weighted by molar-refractivity contribution is 5.78. The summed E-state index contributed by atoms with van der Waals surface area (Å²) >= 11 is 0. The molecular formula is C8H16N2O2. The number of likely N-dealkylation sites (tertiary alicyclic amines) is 1. The van der Waals surface area contributed by atoms with Crippen molar-refractivity contribution in [2.45, 2.75) is 25.8 Å². The van der Waals surface area contributed by atoms with Gasteiger partial charge in [0.2, 0.25) is 5.91 Å². The highest BCUT2D eigenvalue weighted by Gasteiger charge is 2.23. The summed E-state index contributed by atoms with van der Waals surface area (Å²) < 4.78 is 0. The summed E-state index contributed by atoms with van der Waals surface area (Å²) in [6.45, 7) is 3.05. The minimum atomic E-state index is -0.131. The van der Waals surface area contributed by atoms with E-state index in [-0.39, 0.29) is 19.2 Å². The van der Waals surface area contributed by atoms with Gasteiger partial charge in [0, 0.05) is 12.6 Å². The van der Waals surface area contributed by atoms with Gasteiger partial charge in [-0.2, -0.15) is 0 Å². The third-order valence-corrected chi connectivity index (χ3v) is 2.26. The number of aliphatic hydroxyl groups excluding tert-OH is 1. The van der Waals surface area contributed by atoms with Crippen LogP contribution in [-0.2, 0) is 4.79 Å². The fourth-order valence-electron chi connectivity index (χ4n) is 1.57. The van der Waals surface area contributed by atoms with Gasteiger partial charge < -0.3 is 10.0 Å². The van der Waals surface area contributed by atoms with Gasteiger partial charge in [-0.25, -0.2) is 0 Å². The number of hydrogen-bond donors (Lipinski definition) is 2. The summed E-state index contributed by atoms with van der Waals surface area (Å²) in [5.41, 5.74) is 0. The zero-order valence-electron chi connectivity index (χ0n) is 7.42. The fourth-order valence-corrected chi connectivity index (χ4v) is 1.57. The van der Waals surface area contributed by atoms with E-state index in [4.69, 9.17) is 5.11 Å². The summed E-state index contributed by atoms with van der Waals surface area (Å²) in [5.74, 6) is 0.0917. The van der Waals surface area contributed by atoms with E-state index < -0.39 is 0 Å². The molecule has 70 valence electrons. The Morgan fingerprint density at radius 2 is 2.50 bits per heavy atom. The van der Waals surface area contributed by atoms with Crippen molar-refractivity contribution >= 4 is 5.91 Å². The summed E-state index contributed by atoms with van der Waals surface area (Å²) in [6, 6.07) is 0.373. The van der Waals surface area contributed by atoms with E-state index in [1.54, 1.807) is 0 Å². The monoisotopic (exact) mass is 172 g/mol. The number of hydrogen-bond acceptors (Lipinski definition) is 3. The van der Waals surface area contributed by atoms with E-state index in [1.165, 1.54) is 0 Å². The molecule has 1 rings (SSSR count). The van der Waals surface area contributed by atoms with Crippen molar-refractivity contribution in [3.8, 4) is 0 Å². The van der Waals surface area contributed by atoms with E-state index in [0.717, 1.165) is 19.4 Å². The van der Waals surface area contributed by atoms with Gasteiger partial charge in [0.15, 0.2) is 0 Å². The van der Waals surface area contributed by atoms with Crippen LogP contribution < -0.4 is 5.32 Å². The Kier molecular flexibility index (Phi) is 3.49. The van der Waals surface area contributed by atoms with Crippen molar-refractivity contribution in [3.05, 3.63) is 0 Å². The molecule has 1 unspecified atom stereocenters. The lowest BCUT2D eigenvalue weighted by Crippen LogP contribution is -2.40. The number of amides is 1. The van der Waals surface area contributed by atoms with Crippen LogP contribution in [0.3, 0.4) is 0 Å². The second-order valence-corrected chi connectivity index (χ2v) is 3.16. The number of nitrogens with one attached hydrogen (secondary N) is 1. The van der Waals surface area contributed by atoms with Crippen LogP contribution >= 0.6 is 0 Å². The standard InChI is InChI=1S/C8H16N2O2/c1-7-3-2-4-10(7)8(12)5-9-6-11/h7,9,11H,2-6H2,1H3. The molecule has 1 aliphatic heterocycles. The smallest absolute Gasteiger partial charge is 0.236 e. The molecule has 0 aliphatic carbocycles. The lowest BCUT2D eigenvalue weighted by Gasteiger charge is -2.21. The second-order valence-electron chi connectivity index (χ2n) is 3.16. The first kappa shape index (κ1) is 9.48. The summed E-state index contributed by atoms with van der Waals surface area (Å²) in [4.78, 5) is 13.2. The summed E-state index contributed by atoms with van der Waals surface area (Å²) in [5, 5.41) is 11.1. The van der Waals surface area contributed by atoms with E-state index in [0.29, 0.717) is 6.04 Å². The summed E-state index contributed by atoms with van der Waals surface area (Å²) in [7, 11) is 0. The van der Waals surface area contributed by atoms with Crippen LogP contribution in [0.5, 0.6) is 0 Å². The molecule has 1 saturated heterocycles. The minimum absolute atomic E-state index is 0.0917. The zero-order valence-corrected chi connectivity index (χ0v) is 7.42. The van der Waals surface area contributed by atoms with Crippen LogP contribution in [0.4, 0.5) is 0 Å². The number of rotatable bonds is 3. The molecule has 1 atom stereocenters. The average molecular weight is 172 g/mol. The Hall–Kier alpha value is -0.610. The molecule has 0 bridgehead atoms. The van der Waals surface area contributed by atoms with Crippen LogP contribution in [0.25, 0.3) is 0 Å². The Morgan fingerprint density at radius 1 is 1.75 bits per heavy atom. The molecular weight excluding hydrogens is 156 g/mol. The molecule has 1 amide bonds. The van der Waals surface area contributed by atoms with Crippen LogP contribution in [0.1, 0.15) is 19.8 Å². The zero-order chi connectivity index (χ0) is 8.97. The van der Waals surface area contributed by atoms with Gasteiger partial charge in [0.25, 0.3) is 0 Å². The first-order valence-corrected chi connectivity index (χ1v) is 4.36. The summed E-state index contributed by atoms with van der Waals surface area (Å²) in [6.07, 6.45) is 2.21. The highest BCUT2D eigenvalue weighted by Crippen LogP contribution is 2.15. The van der Waals surface area contributed by atoms with Crippen LogP contribution in [0.2, 0.25) is 0 Å². The molecule has 2 N–H and O–H groups in total. The van der Waals surface area contributed by atoms with Gasteiger partial charge in [0.05, 0.1) is 13.3 Å². The number of carbonyl (C=O) groups is 1. The fraction of sp³-hybridized carbons (Fsp3) is 0.875. The molecule has 4 nitrogen and oxygen atoms in total. The minimum Gasteiger partial charge on any atom is -0.381 e. The quantitative estimate of drug-likeness (QED) is 0.566. The molecule has 0 aromatic rings. The molecule has 1 heterocycles. The molecule has 0 radical (unpaired) electrons. The predicted octanol–water partition coefficient (Wildman–Crippen LogP) is -0.463. The van der Waals surface area contributed by atoms with Crippen molar-refractivity contribution in [2.75, 3.05) is 19.8 Å². The van der Waals surface area contributed by atoms with Crippen LogP contribution in [-0.4, -0.2) is 41.8 Å². The lowest BCUT2D eigenvalue weighted by molar-refractivity contribution is -0.130. The van der Waals surface area contributed by atoms with E-state index in [2.05, 4.69) is 12.2 Å². The Bertz CT molecular complexity index is 161. The van der Waals surface area contributed by atoms with E-state index >= 15 is 0 Å². The molecule has 12 heavy (non-hydrogen) atoms. The first-order valence-electron chi connectivity index (χ1n) is 4.36. The Morgan fingerprint density at radius 3 is 3.00 bits per heavy atom. The van der Waals surface area contributed by atoms with Gasteiger partial charge in [-0.05, 0) is 19.8 Å². The number of nitrogens with zero attached hydrogens (tertiary/aromatic N) is 1. The Balaban J connectivity index is 2.30. The van der Waals surface area contributed by atoms with Crippen molar-refractivity contribution in [2.24, 2.45) is 0 Å². The molecule has 0 aromatic heterocycles. The third-order valence-electron chi connectivity index (χ3n) is 2.26. The van der Waals surface area contributed by atoms with Crippen molar-refractivity contribution < 1.29 is 9.90 Å². The van der Waals surface area contributed by atoms with Gasteiger partial charge in [-0.15, -0.1) is 0 Å².